The highest BCUT2D eigenvalue weighted by Gasteiger charge is 2.10. The summed E-state index contributed by atoms with van der Waals surface area (Å²) in [6.07, 6.45) is 0. The zero-order chi connectivity index (χ0) is 18.2. The molecule has 0 fully saturated rings. The van der Waals surface area contributed by atoms with Gasteiger partial charge in [-0.1, -0.05) is 24.3 Å². The maximum absolute atomic E-state index is 12.2. The minimum absolute atomic E-state index is 0.123. The number of nitrogens with one attached hydrogen (secondary N) is 2. The van der Waals surface area contributed by atoms with Crippen LogP contribution >= 0.6 is 0 Å². The number of benzene rings is 2. The first-order valence-corrected chi connectivity index (χ1v) is 8.12. The lowest BCUT2D eigenvalue weighted by atomic mass is 10.1. The zero-order valence-corrected chi connectivity index (χ0v) is 14.6. The standard InChI is InChI=1S/C19H24N4O2/c1-23(2)11-10-21-18(24)15-7-5-6-14(12-15)13-22-19(25)16-8-3-4-9-17(16)20/h3-9,12H,10-11,13,20H2,1-2H3,(H,21,24)(H,22,25). The molecule has 0 saturated carbocycles. The molecule has 0 heterocycles. The molecule has 2 aromatic rings. The average molecular weight is 340 g/mol. The van der Waals surface area contributed by atoms with Gasteiger partial charge in [0.2, 0.25) is 0 Å². The van der Waals surface area contributed by atoms with Crippen LogP contribution in [0, 0.1) is 0 Å². The fourth-order valence-electron chi connectivity index (χ4n) is 2.30. The van der Waals surface area contributed by atoms with Gasteiger partial charge in [-0.25, -0.2) is 0 Å². The van der Waals surface area contributed by atoms with Crippen LogP contribution in [-0.4, -0.2) is 43.9 Å². The normalized spacial score (nSPS) is 10.5. The molecule has 0 spiro atoms. The molecule has 0 bridgehead atoms. The molecule has 0 radical (unpaired) electrons. The third-order valence-electron chi connectivity index (χ3n) is 3.69. The van der Waals surface area contributed by atoms with Crippen molar-refractivity contribution in [2.45, 2.75) is 6.54 Å². The first kappa shape index (κ1) is 18.5. The van der Waals surface area contributed by atoms with Crippen LogP contribution in [-0.2, 0) is 6.54 Å². The molecule has 2 rings (SSSR count). The van der Waals surface area contributed by atoms with E-state index in [0.29, 0.717) is 29.9 Å². The van der Waals surface area contributed by atoms with Crippen molar-refractivity contribution >= 4 is 17.5 Å². The number of likely N-dealkylation sites (N-methyl/N-ethyl adjacent to an activating group) is 1. The number of rotatable bonds is 7. The van der Waals surface area contributed by atoms with Gasteiger partial charge in [0.05, 0.1) is 5.56 Å². The second-order valence-corrected chi connectivity index (χ2v) is 6.03. The van der Waals surface area contributed by atoms with E-state index in [1.165, 1.54) is 0 Å². The Morgan fingerprint density at radius 2 is 1.76 bits per heavy atom. The highest BCUT2D eigenvalue weighted by Crippen LogP contribution is 2.11. The Balaban J connectivity index is 1.94. The van der Waals surface area contributed by atoms with E-state index in [2.05, 4.69) is 10.6 Å². The number of para-hydroxylation sites is 1. The van der Waals surface area contributed by atoms with E-state index in [4.69, 9.17) is 5.73 Å². The van der Waals surface area contributed by atoms with Gasteiger partial charge in [0.25, 0.3) is 11.8 Å². The summed E-state index contributed by atoms with van der Waals surface area (Å²) in [4.78, 5) is 26.3. The first-order valence-electron chi connectivity index (χ1n) is 8.12. The number of nitrogen functional groups attached to an aromatic ring is 1. The van der Waals surface area contributed by atoms with Gasteiger partial charge in [0.1, 0.15) is 0 Å². The lowest BCUT2D eigenvalue weighted by Gasteiger charge is -2.11. The van der Waals surface area contributed by atoms with Crippen molar-refractivity contribution in [1.82, 2.24) is 15.5 Å². The highest BCUT2D eigenvalue weighted by molar-refractivity contribution is 5.99. The number of anilines is 1. The van der Waals surface area contributed by atoms with Crippen molar-refractivity contribution in [3.8, 4) is 0 Å². The smallest absolute Gasteiger partial charge is 0.253 e. The van der Waals surface area contributed by atoms with Crippen molar-refractivity contribution in [2.75, 3.05) is 32.9 Å². The Bertz CT molecular complexity index is 744. The van der Waals surface area contributed by atoms with Gasteiger partial charge >= 0.3 is 0 Å². The van der Waals surface area contributed by atoms with Gasteiger partial charge in [-0.15, -0.1) is 0 Å². The molecule has 6 heteroatoms. The lowest BCUT2D eigenvalue weighted by Crippen LogP contribution is -2.31. The van der Waals surface area contributed by atoms with Gasteiger partial charge in [-0.05, 0) is 43.9 Å². The van der Waals surface area contributed by atoms with Gasteiger partial charge in [-0.3, -0.25) is 9.59 Å². The molecule has 2 aromatic carbocycles. The number of nitrogens with zero attached hydrogens (tertiary/aromatic N) is 1. The molecule has 6 nitrogen and oxygen atoms in total. The average Bonchev–Trinajstić information content (AvgIpc) is 2.60. The van der Waals surface area contributed by atoms with E-state index < -0.39 is 0 Å². The summed E-state index contributed by atoms with van der Waals surface area (Å²) in [6.45, 7) is 1.69. The Hall–Kier alpha value is -2.86. The largest absolute Gasteiger partial charge is 0.398 e. The number of hydrogen-bond donors (Lipinski definition) is 3. The summed E-state index contributed by atoms with van der Waals surface area (Å²) in [5.41, 5.74) is 8.11. The number of hydrogen-bond acceptors (Lipinski definition) is 4. The van der Waals surface area contributed by atoms with Crippen LogP contribution in [0.2, 0.25) is 0 Å². The van der Waals surface area contributed by atoms with Crippen LogP contribution in [0.15, 0.2) is 48.5 Å². The topological polar surface area (TPSA) is 87.5 Å². The lowest BCUT2D eigenvalue weighted by molar-refractivity contribution is 0.0945. The Morgan fingerprint density at radius 1 is 1.00 bits per heavy atom. The minimum atomic E-state index is -0.237. The van der Waals surface area contributed by atoms with Gasteiger partial charge < -0.3 is 21.3 Å². The van der Waals surface area contributed by atoms with Crippen LogP contribution in [0.4, 0.5) is 5.69 Å². The fraction of sp³-hybridized carbons (Fsp3) is 0.263. The third-order valence-corrected chi connectivity index (χ3v) is 3.69. The summed E-state index contributed by atoms with van der Waals surface area (Å²) >= 11 is 0. The van der Waals surface area contributed by atoms with Crippen LogP contribution < -0.4 is 16.4 Å². The van der Waals surface area contributed by atoms with E-state index in [1.807, 2.05) is 25.1 Å². The molecule has 0 saturated heterocycles. The Morgan fingerprint density at radius 3 is 2.48 bits per heavy atom. The summed E-state index contributed by atoms with van der Waals surface area (Å²) in [6, 6.07) is 14.1. The molecule has 0 aliphatic heterocycles. The van der Waals surface area contributed by atoms with Gasteiger partial charge in [-0.2, -0.15) is 0 Å². The van der Waals surface area contributed by atoms with Crippen LogP contribution in [0.1, 0.15) is 26.3 Å². The molecule has 0 atom stereocenters. The van der Waals surface area contributed by atoms with Crippen molar-refractivity contribution in [3.63, 3.8) is 0 Å². The van der Waals surface area contributed by atoms with Crippen molar-refractivity contribution in [1.29, 1.82) is 0 Å². The van der Waals surface area contributed by atoms with E-state index in [0.717, 1.165) is 12.1 Å². The zero-order valence-electron chi connectivity index (χ0n) is 14.6. The molecule has 0 aliphatic rings. The third kappa shape index (κ3) is 5.61. The molecule has 0 unspecified atom stereocenters. The highest BCUT2D eigenvalue weighted by atomic mass is 16.2. The minimum Gasteiger partial charge on any atom is -0.398 e. The second kappa shape index (κ2) is 8.84. The number of nitrogens with two attached hydrogens (primary N) is 1. The molecule has 25 heavy (non-hydrogen) atoms. The molecule has 2 amide bonds. The van der Waals surface area contributed by atoms with Crippen molar-refractivity contribution < 1.29 is 9.59 Å². The van der Waals surface area contributed by atoms with Crippen LogP contribution in [0.5, 0.6) is 0 Å². The monoisotopic (exact) mass is 340 g/mol. The molecule has 4 N–H and O–H groups in total. The molecule has 132 valence electrons. The summed E-state index contributed by atoms with van der Waals surface area (Å²) in [5.74, 6) is -0.360. The van der Waals surface area contributed by atoms with E-state index in [9.17, 15) is 9.59 Å². The Kier molecular flexibility index (Phi) is 6.54. The van der Waals surface area contributed by atoms with E-state index in [-0.39, 0.29) is 11.8 Å². The maximum atomic E-state index is 12.2. The fourth-order valence-corrected chi connectivity index (χ4v) is 2.30. The summed E-state index contributed by atoms with van der Waals surface area (Å²) in [5, 5.41) is 5.69. The second-order valence-electron chi connectivity index (χ2n) is 6.03. The van der Waals surface area contributed by atoms with Gasteiger partial charge in [0.15, 0.2) is 0 Å². The predicted octanol–water partition coefficient (Wildman–Crippen LogP) is 1.49. The van der Waals surface area contributed by atoms with Crippen LogP contribution in [0.25, 0.3) is 0 Å². The SMILES string of the molecule is CN(C)CCNC(=O)c1cccc(CNC(=O)c2ccccc2N)c1. The Labute approximate surface area is 148 Å². The first-order chi connectivity index (χ1) is 12.0. The summed E-state index contributed by atoms with van der Waals surface area (Å²) < 4.78 is 0. The quantitative estimate of drug-likeness (QED) is 0.667. The predicted molar refractivity (Wildman–Crippen MR) is 99.4 cm³/mol. The maximum Gasteiger partial charge on any atom is 0.253 e. The van der Waals surface area contributed by atoms with Crippen molar-refractivity contribution in [2.24, 2.45) is 0 Å². The number of amides is 2. The molecule has 0 aliphatic carbocycles. The van der Waals surface area contributed by atoms with Gasteiger partial charge in [0, 0.05) is 30.9 Å². The van der Waals surface area contributed by atoms with E-state index >= 15 is 0 Å². The molecular formula is C19H24N4O2. The van der Waals surface area contributed by atoms with E-state index in [1.54, 1.807) is 42.5 Å². The molecule has 0 aromatic heterocycles. The van der Waals surface area contributed by atoms with Crippen molar-refractivity contribution in [3.05, 3.63) is 65.2 Å². The molecular weight excluding hydrogens is 316 g/mol. The summed E-state index contributed by atoms with van der Waals surface area (Å²) in [7, 11) is 3.91. The van der Waals surface area contributed by atoms with Crippen LogP contribution in [0.3, 0.4) is 0 Å². The number of carbonyl (C=O) groups is 2. The number of carbonyl (C=O) groups excluding carboxylic acids is 2.